The summed E-state index contributed by atoms with van der Waals surface area (Å²) in [5.41, 5.74) is 1.71. The standard InChI is InChI=1S/C16H16ClFN2O2/c1-4-22-15(21)12-13(9(2)3)19-16(17)20-14(12)10-5-7-11(18)8-6-10/h5-9H,4H2,1-3H3. The van der Waals surface area contributed by atoms with Gasteiger partial charge in [0.25, 0.3) is 0 Å². The Bertz CT molecular complexity index is 687. The zero-order chi connectivity index (χ0) is 16.3. The highest BCUT2D eigenvalue weighted by atomic mass is 35.5. The summed E-state index contributed by atoms with van der Waals surface area (Å²) in [7, 11) is 0. The van der Waals surface area contributed by atoms with Crippen LogP contribution < -0.4 is 0 Å². The van der Waals surface area contributed by atoms with Gasteiger partial charge in [-0.3, -0.25) is 0 Å². The maximum atomic E-state index is 13.1. The molecular weight excluding hydrogens is 307 g/mol. The number of benzene rings is 1. The molecule has 0 fully saturated rings. The molecule has 0 saturated carbocycles. The fourth-order valence-electron chi connectivity index (χ4n) is 2.09. The predicted molar refractivity (Wildman–Crippen MR) is 82.5 cm³/mol. The number of nitrogens with zero attached hydrogens (tertiary/aromatic N) is 2. The van der Waals surface area contributed by atoms with Crippen molar-refractivity contribution in [1.82, 2.24) is 9.97 Å². The monoisotopic (exact) mass is 322 g/mol. The molecule has 0 unspecified atom stereocenters. The van der Waals surface area contributed by atoms with Gasteiger partial charge in [-0.25, -0.2) is 19.2 Å². The number of carbonyl (C=O) groups is 1. The Labute approximate surface area is 133 Å². The second kappa shape index (κ2) is 6.83. The zero-order valence-electron chi connectivity index (χ0n) is 12.6. The van der Waals surface area contributed by atoms with Crippen LogP contribution in [0.15, 0.2) is 24.3 Å². The predicted octanol–water partition coefficient (Wildman–Crippen LogP) is 4.24. The molecule has 6 heteroatoms. The number of carbonyl (C=O) groups excluding carboxylic acids is 1. The van der Waals surface area contributed by atoms with Gasteiger partial charge in [-0.15, -0.1) is 0 Å². The van der Waals surface area contributed by atoms with E-state index in [0.29, 0.717) is 17.0 Å². The van der Waals surface area contributed by atoms with Crippen molar-refractivity contribution in [3.63, 3.8) is 0 Å². The molecule has 2 aromatic rings. The quantitative estimate of drug-likeness (QED) is 0.624. The minimum absolute atomic E-state index is 0.0380. The van der Waals surface area contributed by atoms with E-state index in [1.165, 1.54) is 12.1 Å². The minimum Gasteiger partial charge on any atom is -0.462 e. The number of hydrogen-bond donors (Lipinski definition) is 0. The average Bonchev–Trinajstić information content (AvgIpc) is 2.47. The van der Waals surface area contributed by atoms with E-state index in [4.69, 9.17) is 16.3 Å². The van der Waals surface area contributed by atoms with Crippen molar-refractivity contribution < 1.29 is 13.9 Å². The summed E-state index contributed by atoms with van der Waals surface area (Å²) in [4.78, 5) is 20.6. The summed E-state index contributed by atoms with van der Waals surface area (Å²) >= 11 is 5.98. The molecule has 0 N–H and O–H groups in total. The maximum absolute atomic E-state index is 13.1. The Kier molecular flexibility index (Phi) is 5.08. The molecule has 0 atom stereocenters. The average molecular weight is 323 g/mol. The fraction of sp³-hybridized carbons (Fsp3) is 0.312. The van der Waals surface area contributed by atoms with Crippen LogP contribution in [-0.2, 0) is 4.74 Å². The topological polar surface area (TPSA) is 52.1 Å². The van der Waals surface area contributed by atoms with Gasteiger partial charge >= 0.3 is 5.97 Å². The molecule has 0 amide bonds. The van der Waals surface area contributed by atoms with E-state index in [1.54, 1.807) is 19.1 Å². The van der Waals surface area contributed by atoms with Crippen molar-refractivity contribution in [2.75, 3.05) is 6.61 Å². The zero-order valence-corrected chi connectivity index (χ0v) is 13.3. The summed E-state index contributed by atoms with van der Waals surface area (Å²) in [6.07, 6.45) is 0. The van der Waals surface area contributed by atoms with Crippen LogP contribution in [0.4, 0.5) is 4.39 Å². The van der Waals surface area contributed by atoms with E-state index >= 15 is 0 Å². The molecule has 0 aliphatic heterocycles. The third kappa shape index (κ3) is 3.42. The van der Waals surface area contributed by atoms with Crippen LogP contribution in [0.2, 0.25) is 5.28 Å². The van der Waals surface area contributed by atoms with E-state index in [-0.39, 0.29) is 29.2 Å². The Morgan fingerprint density at radius 1 is 1.27 bits per heavy atom. The van der Waals surface area contributed by atoms with Gasteiger partial charge < -0.3 is 4.74 Å². The molecule has 0 aliphatic carbocycles. The summed E-state index contributed by atoms with van der Waals surface area (Å²) in [5, 5.41) is 0.0380. The smallest absolute Gasteiger partial charge is 0.342 e. The fourth-order valence-corrected chi connectivity index (χ4v) is 2.26. The van der Waals surface area contributed by atoms with Crippen LogP contribution in [0.25, 0.3) is 11.3 Å². The number of esters is 1. The van der Waals surface area contributed by atoms with Crippen molar-refractivity contribution in [3.8, 4) is 11.3 Å². The van der Waals surface area contributed by atoms with Crippen molar-refractivity contribution in [2.45, 2.75) is 26.7 Å². The molecule has 22 heavy (non-hydrogen) atoms. The van der Waals surface area contributed by atoms with E-state index in [1.807, 2.05) is 13.8 Å². The first-order valence-electron chi connectivity index (χ1n) is 6.94. The van der Waals surface area contributed by atoms with Crippen molar-refractivity contribution in [2.24, 2.45) is 0 Å². The van der Waals surface area contributed by atoms with Crippen molar-refractivity contribution >= 4 is 17.6 Å². The molecule has 1 heterocycles. The Morgan fingerprint density at radius 3 is 2.45 bits per heavy atom. The van der Waals surface area contributed by atoms with E-state index < -0.39 is 5.97 Å². The first-order valence-corrected chi connectivity index (χ1v) is 7.32. The summed E-state index contributed by atoms with van der Waals surface area (Å²) in [5.74, 6) is -0.924. The Morgan fingerprint density at radius 2 is 1.91 bits per heavy atom. The van der Waals surface area contributed by atoms with Crippen LogP contribution in [0.5, 0.6) is 0 Å². The van der Waals surface area contributed by atoms with Gasteiger partial charge in [-0.05, 0) is 48.7 Å². The molecule has 1 aromatic carbocycles. The third-order valence-electron chi connectivity index (χ3n) is 3.05. The number of rotatable bonds is 4. The van der Waals surface area contributed by atoms with Gasteiger partial charge in [0.15, 0.2) is 0 Å². The minimum atomic E-state index is -0.512. The Balaban J connectivity index is 2.70. The first-order chi connectivity index (χ1) is 10.4. The third-order valence-corrected chi connectivity index (χ3v) is 3.22. The van der Waals surface area contributed by atoms with Crippen molar-refractivity contribution in [1.29, 1.82) is 0 Å². The summed E-state index contributed by atoms with van der Waals surface area (Å²) < 4.78 is 18.2. The van der Waals surface area contributed by atoms with Gasteiger partial charge in [-0.1, -0.05) is 13.8 Å². The second-order valence-corrected chi connectivity index (χ2v) is 5.32. The highest BCUT2D eigenvalue weighted by Gasteiger charge is 2.24. The lowest BCUT2D eigenvalue weighted by molar-refractivity contribution is 0.0524. The van der Waals surface area contributed by atoms with Crippen molar-refractivity contribution in [3.05, 3.63) is 46.6 Å². The second-order valence-electron chi connectivity index (χ2n) is 4.98. The molecule has 0 radical (unpaired) electrons. The highest BCUT2D eigenvalue weighted by molar-refractivity contribution is 6.28. The molecular formula is C16H16ClFN2O2. The van der Waals surface area contributed by atoms with Crippen LogP contribution >= 0.6 is 11.6 Å². The van der Waals surface area contributed by atoms with E-state index in [9.17, 15) is 9.18 Å². The molecule has 0 saturated heterocycles. The molecule has 4 nitrogen and oxygen atoms in total. The lowest BCUT2D eigenvalue weighted by Gasteiger charge is -2.15. The largest absolute Gasteiger partial charge is 0.462 e. The molecule has 1 aromatic heterocycles. The number of aromatic nitrogens is 2. The van der Waals surface area contributed by atoms with Crippen LogP contribution in [0.1, 0.15) is 42.7 Å². The number of halogens is 2. The van der Waals surface area contributed by atoms with Crippen LogP contribution in [0, 0.1) is 5.82 Å². The lowest BCUT2D eigenvalue weighted by Crippen LogP contribution is -2.14. The van der Waals surface area contributed by atoms with Gasteiger partial charge in [0.1, 0.15) is 11.4 Å². The molecule has 0 spiro atoms. The van der Waals surface area contributed by atoms with Gasteiger partial charge in [0, 0.05) is 5.56 Å². The maximum Gasteiger partial charge on any atom is 0.342 e. The number of hydrogen-bond acceptors (Lipinski definition) is 4. The molecule has 0 aliphatic rings. The van der Waals surface area contributed by atoms with Crippen LogP contribution in [-0.4, -0.2) is 22.5 Å². The lowest BCUT2D eigenvalue weighted by atomic mass is 9.98. The van der Waals surface area contributed by atoms with Gasteiger partial charge in [-0.2, -0.15) is 0 Å². The summed E-state index contributed by atoms with van der Waals surface area (Å²) in [6.45, 7) is 5.76. The summed E-state index contributed by atoms with van der Waals surface area (Å²) in [6, 6.07) is 5.69. The van der Waals surface area contributed by atoms with Gasteiger partial charge in [0.05, 0.1) is 18.0 Å². The van der Waals surface area contributed by atoms with Gasteiger partial charge in [0.2, 0.25) is 5.28 Å². The molecule has 2 rings (SSSR count). The SMILES string of the molecule is CCOC(=O)c1c(-c2ccc(F)cc2)nc(Cl)nc1C(C)C. The Hall–Kier alpha value is -2.01. The first kappa shape index (κ1) is 16.4. The van der Waals surface area contributed by atoms with E-state index in [2.05, 4.69) is 9.97 Å². The van der Waals surface area contributed by atoms with E-state index in [0.717, 1.165) is 0 Å². The molecule has 116 valence electrons. The molecule has 0 bridgehead atoms. The number of ether oxygens (including phenoxy) is 1. The highest BCUT2D eigenvalue weighted by Crippen LogP contribution is 2.29. The normalized spacial score (nSPS) is 10.8. The van der Waals surface area contributed by atoms with Crippen LogP contribution in [0.3, 0.4) is 0 Å².